The van der Waals surface area contributed by atoms with Gasteiger partial charge in [0.1, 0.15) is 17.3 Å². The van der Waals surface area contributed by atoms with Gasteiger partial charge in [-0.1, -0.05) is 49.7 Å². The minimum atomic E-state index is -0.281. The molecule has 0 aliphatic rings. The smallest absolute Gasteiger partial charge is 0.264 e. The van der Waals surface area contributed by atoms with Crippen LogP contribution in [0.1, 0.15) is 37.1 Å². The van der Waals surface area contributed by atoms with Crippen LogP contribution in [0.2, 0.25) is 0 Å². The molecule has 1 unspecified atom stereocenters. The summed E-state index contributed by atoms with van der Waals surface area (Å²) in [4.78, 5) is 19.0. The Morgan fingerprint density at radius 3 is 2.74 bits per heavy atom. The topological polar surface area (TPSA) is 61.4 Å². The highest BCUT2D eigenvalue weighted by Crippen LogP contribution is 2.26. The van der Waals surface area contributed by atoms with Crippen LogP contribution in [0.5, 0.6) is 0 Å². The van der Waals surface area contributed by atoms with Crippen LogP contribution < -0.4 is 0 Å². The maximum Gasteiger partial charge on any atom is 0.264 e. The van der Waals surface area contributed by atoms with Crippen molar-refractivity contribution in [2.75, 3.05) is 7.05 Å². The number of aromatic nitrogens is 2. The third kappa shape index (κ3) is 3.90. The SMILES string of the molecule is CCCC(c1ccccc1)N(C)C(=O)/C(C#N)=C/c1cccc2nccn12. The van der Waals surface area contributed by atoms with Gasteiger partial charge in [-0.15, -0.1) is 0 Å². The van der Waals surface area contributed by atoms with E-state index in [9.17, 15) is 10.1 Å². The lowest BCUT2D eigenvalue weighted by molar-refractivity contribution is -0.127. The van der Waals surface area contributed by atoms with E-state index in [2.05, 4.69) is 18.0 Å². The minimum absolute atomic E-state index is 0.0653. The lowest BCUT2D eigenvalue weighted by atomic mass is 10.00. The molecule has 0 bridgehead atoms. The first-order chi connectivity index (χ1) is 13.2. The van der Waals surface area contributed by atoms with Gasteiger partial charge in [0.2, 0.25) is 0 Å². The quantitative estimate of drug-likeness (QED) is 0.489. The Bertz CT molecular complexity index is 998. The molecule has 0 spiro atoms. The van der Waals surface area contributed by atoms with Gasteiger partial charge in [0.25, 0.3) is 5.91 Å². The summed E-state index contributed by atoms with van der Waals surface area (Å²) in [6.45, 7) is 2.09. The van der Waals surface area contributed by atoms with Gasteiger partial charge in [0.15, 0.2) is 0 Å². The molecule has 0 radical (unpaired) electrons. The number of benzene rings is 1. The van der Waals surface area contributed by atoms with Crippen molar-refractivity contribution in [2.24, 2.45) is 0 Å². The molecule has 0 N–H and O–H groups in total. The number of imidazole rings is 1. The molecular weight excluding hydrogens is 336 g/mol. The van der Waals surface area contributed by atoms with Gasteiger partial charge in [0, 0.05) is 25.1 Å². The molecule has 0 fully saturated rings. The minimum Gasteiger partial charge on any atom is -0.334 e. The van der Waals surface area contributed by atoms with Crippen molar-refractivity contribution in [3.05, 3.63) is 77.8 Å². The summed E-state index contributed by atoms with van der Waals surface area (Å²) >= 11 is 0. The first kappa shape index (κ1) is 18.4. The molecule has 2 heterocycles. The van der Waals surface area contributed by atoms with Gasteiger partial charge in [0.05, 0.1) is 6.04 Å². The molecular formula is C22H22N4O. The van der Waals surface area contributed by atoms with Gasteiger partial charge in [-0.05, 0) is 30.2 Å². The number of fused-ring (bicyclic) bond motifs is 1. The number of nitrogens with zero attached hydrogens (tertiary/aromatic N) is 4. The van der Waals surface area contributed by atoms with Crippen LogP contribution in [0, 0.1) is 11.3 Å². The lowest BCUT2D eigenvalue weighted by Gasteiger charge is -2.28. The Morgan fingerprint density at radius 1 is 1.26 bits per heavy atom. The first-order valence-corrected chi connectivity index (χ1v) is 9.01. The van der Waals surface area contributed by atoms with Gasteiger partial charge in [-0.3, -0.25) is 4.79 Å². The largest absolute Gasteiger partial charge is 0.334 e. The van der Waals surface area contributed by atoms with E-state index in [0.717, 1.165) is 29.7 Å². The van der Waals surface area contributed by atoms with E-state index < -0.39 is 0 Å². The van der Waals surface area contributed by atoms with Crippen LogP contribution in [0.4, 0.5) is 0 Å². The molecule has 5 heteroatoms. The molecule has 1 aromatic carbocycles. The normalized spacial score (nSPS) is 12.6. The summed E-state index contributed by atoms with van der Waals surface area (Å²) in [5.41, 5.74) is 2.70. The number of amides is 1. The number of hydrogen-bond acceptors (Lipinski definition) is 3. The molecule has 3 rings (SSSR count). The van der Waals surface area contributed by atoms with Crippen molar-refractivity contribution in [3.8, 4) is 6.07 Å². The Hall–Kier alpha value is -3.39. The Kier molecular flexibility index (Phi) is 5.68. The predicted octanol–water partition coefficient (Wildman–Crippen LogP) is 4.24. The van der Waals surface area contributed by atoms with Crippen molar-refractivity contribution in [1.82, 2.24) is 14.3 Å². The fourth-order valence-corrected chi connectivity index (χ4v) is 3.24. The standard InChI is InChI=1S/C22H22N4O/c1-3-8-20(17-9-5-4-6-10-17)25(2)22(27)18(16-23)15-19-11-7-12-21-24-13-14-26(19)21/h4-7,9-15,20H,3,8H2,1-2H3/b18-15+. The molecule has 0 saturated heterocycles. The van der Waals surface area contributed by atoms with E-state index >= 15 is 0 Å². The number of hydrogen-bond donors (Lipinski definition) is 0. The molecule has 0 aliphatic carbocycles. The molecule has 2 aromatic heterocycles. The van der Waals surface area contributed by atoms with Crippen LogP contribution in [-0.4, -0.2) is 27.2 Å². The van der Waals surface area contributed by atoms with E-state index in [1.165, 1.54) is 0 Å². The molecule has 136 valence electrons. The molecule has 27 heavy (non-hydrogen) atoms. The van der Waals surface area contributed by atoms with Gasteiger partial charge in [-0.25, -0.2) is 4.98 Å². The first-order valence-electron chi connectivity index (χ1n) is 9.01. The number of carbonyl (C=O) groups excluding carboxylic acids is 1. The van der Waals surface area contributed by atoms with Crippen LogP contribution >= 0.6 is 0 Å². The van der Waals surface area contributed by atoms with Gasteiger partial charge < -0.3 is 9.30 Å². The van der Waals surface area contributed by atoms with E-state index in [-0.39, 0.29) is 17.5 Å². The number of pyridine rings is 1. The van der Waals surface area contributed by atoms with Gasteiger partial charge >= 0.3 is 0 Å². The van der Waals surface area contributed by atoms with Crippen LogP contribution in [0.15, 0.2) is 66.5 Å². The van der Waals surface area contributed by atoms with Crippen LogP contribution in [0.25, 0.3) is 11.7 Å². The van der Waals surface area contributed by atoms with Crippen molar-refractivity contribution >= 4 is 17.6 Å². The van der Waals surface area contributed by atoms with E-state index in [0.29, 0.717) is 0 Å². The van der Waals surface area contributed by atoms with Crippen molar-refractivity contribution in [1.29, 1.82) is 5.26 Å². The molecule has 5 nitrogen and oxygen atoms in total. The zero-order valence-corrected chi connectivity index (χ0v) is 15.5. The number of carbonyl (C=O) groups is 1. The van der Waals surface area contributed by atoms with Gasteiger partial charge in [-0.2, -0.15) is 5.26 Å². The second kappa shape index (κ2) is 8.33. The molecule has 3 aromatic rings. The summed E-state index contributed by atoms with van der Waals surface area (Å²) < 4.78 is 1.85. The number of likely N-dealkylation sites (N-methyl/N-ethyl adjacent to an activating group) is 1. The highest BCUT2D eigenvalue weighted by Gasteiger charge is 2.23. The van der Waals surface area contributed by atoms with Crippen molar-refractivity contribution in [2.45, 2.75) is 25.8 Å². The number of rotatable bonds is 6. The number of nitriles is 1. The third-order valence-electron chi connectivity index (χ3n) is 4.64. The Labute approximate surface area is 159 Å². The summed E-state index contributed by atoms with van der Waals surface area (Å²) in [7, 11) is 1.76. The second-order valence-corrected chi connectivity index (χ2v) is 6.41. The highest BCUT2D eigenvalue weighted by molar-refractivity contribution is 6.01. The Balaban J connectivity index is 1.94. The van der Waals surface area contributed by atoms with E-state index in [1.54, 1.807) is 24.2 Å². The molecule has 0 aliphatic heterocycles. The average Bonchev–Trinajstić information content (AvgIpc) is 3.19. The zero-order chi connectivity index (χ0) is 19.2. The second-order valence-electron chi connectivity index (χ2n) is 6.41. The maximum atomic E-state index is 13.1. The van der Waals surface area contributed by atoms with E-state index in [4.69, 9.17) is 0 Å². The average molecular weight is 358 g/mol. The summed E-state index contributed by atoms with van der Waals surface area (Å²) in [5.74, 6) is -0.281. The monoisotopic (exact) mass is 358 g/mol. The third-order valence-corrected chi connectivity index (χ3v) is 4.64. The van der Waals surface area contributed by atoms with Crippen molar-refractivity contribution < 1.29 is 4.79 Å². The van der Waals surface area contributed by atoms with Crippen LogP contribution in [-0.2, 0) is 4.79 Å². The molecule has 1 atom stereocenters. The fraction of sp³-hybridized carbons (Fsp3) is 0.227. The molecule has 0 saturated carbocycles. The summed E-state index contributed by atoms with van der Waals surface area (Å²) in [6, 6.07) is 17.5. The fourth-order valence-electron chi connectivity index (χ4n) is 3.24. The summed E-state index contributed by atoms with van der Waals surface area (Å²) in [6.07, 6.45) is 6.91. The zero-order valence-electron chi connectivity index (χ0n) is 15.5. The maximum absolute atomic E-state index is 13.1. The summed E-state index contributed by atoms with van der Waals surface area (Å²) in [5, 5.41) is 9.62. The molecule has 1 amide bonds. The van der Waals surface area contributed by atoms with Crippen LogP contribution in [0.3, 0.4) is 0 Å². The highest BCUT2D eigenvalue weighted by atomic mass is 16.2. The predicted molar refractivity (Wildman–Crippen MR) is 106 cm³/mol. The van der Waals surface area contributed by atoms with E-state index in [1.807, 2.05) is 59.1 Å². The van der Waals surface area contributed by atoms with Crippen molar-refractivity contribution in [3.63, 3.8) is 0 Å². The lowest BCUT2D eigenvalue weighted by Crippen LogP contribution is -2.32. The Morgan fingerprint density at radius 2 is 2.04 bits per heavy atom.